The Morgan fingerprint density at radius 2 is 1.88 bits per heavy atom. The summed E-state index contributed by atoms with van der Waals surface area (Å²) in [4.78, 5) is 0. The van der Waals surface area contributed by atoms with E-state index >= 15 is 0 Å². The van der Waals surface area contributed by atoms with Gasteiger partial charge in [0.05, 0.1) is 0 Å². The van der Waals surface area contributed by atoms with E-state index in [1.807, 2.05) is 0 Å². The summed E-state index contributed by atoms with van der Waals surface area (Å²) in [5.41, 5.74) is 0. The van der Waals surface area contributed by atoms with Crippen molar-refractivity contribution in [3.63, 3.8) is 0 Å². The lowest BCUT2D eigenvalue weighted by Crippen LogP contribution is -2.59. The first-order valence-electron chi connectivity index (χ1n) is 7.78. The van der Waals surface area contributed by atoms with Gasteiger partial charge in [-0.1, -0.05) is 11.8 Å². The second-order valence-electron chi connectivity index (χ2n) is 6.39. The molecule has 1 unspecified atom stereocenters. The predicted octanol–water partition coefficient (Wildman–Crippen LogP) is 3.16. The van der Waals surface area contributed by atoms with Crippen molar-refractivity contribution in [1.82, 2.24) is 20.1 Å². The van der Waals surface area contributed by atoms with Crippen LogP contribution in [-0.4, -0.2) is 45.5 Å². The molecule has 1 aromatic rings. The SMILES string of the molecule is Cl.Cn1c(CC2CCNCC2)nnc1SCC1CC(F)(F)C1(F)F. The minimum absolute atomic E-state index is 0. The highest BCUT2D eigenvalue weighted by Crippen LogP contribution is 2.56. The van der Waals surface area contributed by atoms with Crippen molar-refractivity contribution in [3.05, 3.63) is 5.82 Å². The highest BCUT2D eigenvalue weighted by Gasteiger charge is 2.71. The Kier molecular flexibility index (Phi) is 6.08. The first kappa shape index (κ1) is 19.8. The normalized spacial score (nSPS) is 25.8. The molecule has 2 fully saturated rings. The summed E-state index contributed by atoms with van der Waals surface area (Å²) in [6.07, 6.45) is 2.22. The fraction of sp³-hybridized carbons (Fsp3) is 0.857. The minimum Gasteiger partial charge on any atom is -0.317 e. The zero-order valence-corrected chi connectivity index (χ0v) is 14.9. The van der Waals surface area contributed by atoms with Crippen molar-refractivity contribution in [2.75, 3.05) is 18.8 Å². The van der Waals surface area contributed by atoms with Gasteiger partial charge in [-0.15, -0.1) is 22.6 Å². The molecular formula is C14H21ClF4N4S. The van der Waals surface area contributed by atoms with Crippen LogP contribution in [0.1, 0.15) is 25.1 Å². The maximum absolute atomic E-state index is 13.3. The van der Waals surface area contributed by atoms with Crippen molar-refractivity contribution >= 4 is 24.2 Å². The lowest BCUT2D eigenvalue weighted by Gasteiger charge is -2.43. The molecule has 24 heavy (non-hydrogen) atoms. The van der Waals surface area contributed by atoms with Gasteiger partial charge in [-0.3, -0.25) is 0 Å². The van der Waals surface area contributed by atoms with E-state index in [0.717, 1.165) is 49.9 Å². The highest BCUT2D eigenvalue weighted by molar-refractivity contribution is 7.99. The Balaban J connectivity index is 0.00000208. The third-order valence-corrected chi connectivity index (χ3v) is 5.95. The van der Waals surface area contributed by atoms with E-state index in [4.69, 9.17) is 0 Å². The van der Waals surface area contributed by atoms with Crippen LogP contribution in [0.15, 0.2) is 5.16 Å². The van der Waals surface area contributed by atoms with E-state index in [2.05, 4.69) is 15.5 Å². The topological polar surface area (TPSA) is 42.7 Å². The summed E-state index contributed by atoms with van der Waals surface area (Å²) >= 11 is 1.08. The molecule has 1 N–H and O–H groups in total. The van der Waals surface area contributed by atoms with Crippen LogP contribution in [0.3, 0.4) is 0 Å². The molecule has 2 heterocycles. The van der Waals surface area contributed by atoms with Gasteiger partial charge < -0.3 is 9.88 Å². The summed E-state index contributed by atoms with van der Waals surface area (Å²) in [6, 6.07) is 0. The quantitative estimate of drug-likeness (QED) is 0.621. The van der Waals surface area contributed by atoms with Crippen LogP contribution < -0.4 is 5.32 Å². The maximum atomic E-state index is 13.3. The van der Waals surface area contributed by atoms with Gasteiger partial charge in [0.1, 0.15) is 5.82 Å². The van der Waals surface area contributed by atoms with Crippen LogP contribution in [0.2, 0.25) is 0 Å². The Labute approximate surface area is 148 Å². The van der Waals surface area contributed by atoms with Gasteiger partial charge in [0.15, 0.2) is 5.16 Å². The molecule has 10 heteroatoms. The van der Waals surface area contributed by atoms with Gasteiger partial charge in [0.2, 0.25) is 0 Å². The van der Waals surface area contributed by atoms with Crippen molar-refractivity contribution in [2.45, 2.75) is 42.7 Å². The van der Waals surface area contributed by atoms with Crippen molar-refractivity contribution < 1.29 is 17.6 Å². The molecule has 0 radical (unpaired) electrons. The van der Waals surface area contributed by atoms with Crippen molar-refractivity contribution in [2.24, 2.45) is 18.9 Å². The molecule has 0 aromatic carbocycles. The molecule has 2 aliphatic rings. The van der Waals surface area contributed by atoms with E-state index in [9.17, 15) is 17.6 Å². The summed E-state index contributed by atoms with van der Waals surface area (Å²) < 4.78 is 54.0. The van der Waals surface area contributed by atoms with Crippen molar-refractivity contribution in [3.8, 4) is 0 Å². The summed E-state index contributed by atoms with van der Waals surface area (Å²) in [5.74, 6) is -7.76. The molecular weight excluding hydrogens is 368 g/mol. The second kappa shape index (κ2) is 7.37. The van der Waals surface area contributed by atoms with Gasteiger partial charge in [0, 0.05) is 31.6 Å². The first-order valence-corrected chi connectivity index (χ1v) is 8.77. The number of thioether (sulfide) groups is 1. The lowest BCUT2D eigenvalue weighted by atomic mass is 9.78. The van der Waals surface area contributed by atoms with Crippen LogP contribution >= 0.6 is 24.2 Å². The molecule has 1 atom stereocenters. The van der Waals surface area contributed by atoms with E-state index in [0.29, 0.717) is 11.1 Å². The Morgan fingerprint density at radius 1 is 1.21 bits per heavy atom. The van der Waals surface area contributed by atoms with Gasteiger partial charge >= 0.3 is 11.8 Å². The molecule has 1 saturated carbocycles. The Hall–Kier alpha value is -0.540. The molecule has 0 amide bonds. The molecule has 0 bridgehead atoms. The zero-order chi connectivity index (χ0) is 16.7. The number of hydrogen-bond acceptors (Lipinski definition) is 4. The fourth-order valence-corrected chi connectivity index (χ4v) is 4.15. The molecule has 1 saturated heterocycles. The second-order valence-corrected chi connectivity index (χ2v) is 7.38. The van der Waals surface area contributed by atoms with E-state index in [-0.39, 0.29) is 18.2 Å². The number of alkyl halides is 4. The number of nitrogens with zero attached hydrogens (tertiary/aromatic N) is 3. The van der Waals surface area contributed by atoms with Crippen LogP contribution in [0.25, 0.3) is 0 Å². The fourth-order valence-electron chi connectivity index (χ4n) is 3.07. The lowest BCUT2D eigenvalue weighted by molar-refractivity contribution is -0.307. The monoisotopic (exact) mass is 388 g/mol. The molecule has 1 aromatic heterocycles. The third kappa shape index (κ3) is 3.67. The molecule has 1 aliphatic heterocycles. The summed E-state index contributed by atoms with van der Waals surface area (Å²) in [7, 11) is 1.80. The van der Waals surface area contributed by atoms with Crippen LogP contribution in [0, 0.1) is 11.8 Å². The van der Waals surface area contributed by atoms with Crippen LogP contribution in [0.5, 0.6) is 0 Å². The summed E-state index contributed by atoms with van der Waals surface area (Å²) in [5, 5.41) is 12.0. The molecule has 1 aliphatic carbocycles. The first-order chi connectivity index (χ1) is 10.8. The molecule has 3 rings (SSSR count). The van der Waals surface area contributed by atoms with E-state index in [1.165, 1.54) is 0 Å². The van der Waals surface area contributed by atoms with Crippen LogP contribution in [-0.2, 0) is 13.5 Å². The number of aromatic nitrogens is 3. The predicted molar refractivity (Wildman–Crippen MR) is 86.3 cm³/mol. The van der Waals surface area contributed by atoms with Crippen molar-refractivity contribution in [1.29, 1.82) is 0 Å². The molecule has 138 valence electrons. The van der Waals surface area contributed by atoms with Crippen LogP contribution in [0.4, 0.5) is 17.6 Å². The molecule has 4 nitrogen and oxygen atoms in total. The van der Waals surface area contributed by atoms with Gasteiger partial charge in [-0.05, 0) is 31.8 Å². The number of piperidine rings is 1. The highest BCUT2D eigenvalue weighted by atomic mass is 35.5. The van der Waals surface area contributed by atoms with E-state index < -0.39 is 24.2 Å². The average Bonchev–Trinajstić information content (AvgIpc) is 2.85. The standard InChI is InChI=1S/C14H20F4N4S.ClH/c1-22-11(6-9-2-4-19-5-3-9)20-21-12(22)23-8-10-7-13(15,16)14(10,17)18;/h9-10,19H,2-8H2,1H3;1H. The smallest absolute Gasteiger partial charge is 0.314 e. The average molecular weight is 389 g/mol. The maximum Gasteiger partial charge on any atom is 0.314 e. The van der Waals surface area contributed by atoms with E-state index in [1.54, 1.807) is 11.6 Å². The zero-order valence-electron chi connectivity index (χ0n) is 13.3. The van der Waals surface area contributed by atoms with Gasteiger partial charge in [0.25, 0.3) is 0 Å². The Morgan fingerprint density at radius 3 is 2.46 bits per heavy atom. The number of rotatable bonds is 5. The van der Waals surface area contributed by atoms with Gasteiger partial charge in [-0.25, -0.2) is 0 Å². The van der Waals surface area contributed by atoms with Gasteiger partial charge in [-0.2, -0.15) is 17.6 Å². The number of hydrogen-bond donors (Lipinski definition) is 1. The third-order valence-electron chi connectivity index (χ3n) is 4.77. The summed E-state index contributed by atoms with van der Waals surface area (Å²) in [6.45, 7) is 1.99. The minimum atomic E-state index is -3.91. The largest absolute Gasteiger partial charge is 0.317 e. The number of halogens is 5. The molecule has 0 spiro atoms. The number of nitrogens with one attached hydrogen (secondary N) is 1. The Bertz CT molecular complexity index is 563.